The van der Waals surface area contributed by atoms with Crippen LogP contribution in [0.1, 0.15) is 29.6 Å². The maximum absolute atomic E-state index is 12.3. The predicted molar refractivity (Wildman–Crippen MR) is 97.4 cm³/mol. The van der Waals surface area contributed by atoms with Gasteiger partial charge in [-0.15, -0.1) is 12.4 Å². The van der Waals surface area contributed by atoms with E-state index in [2.05, 4.69) is 10.6 Å². The Bertz CT molecular complexity index is 583. The molecule has 7 nitrogen and oxygen atoms in total. The van der Waals surface area contributed by atoms with E-state index < -0.39 is 0 Å². The van der Waals surface area contributed by atoms with E-state index in [4.69, 9.17) is 5.73 Å². The fraction of sp³-hybridized carbons (Fsp3) is 0.471. The lowest BCUT2D eigenvalue weighted by Gasteiger charge is -2.36. The molecule has 138 valence electrons. The molecule has 25 heavy (non-hydrogen) atoms. The minimum Gasteiger partial charge on any atom is -0.350 e. The summed E-state index contributed by atoms with van der Waals surface area (Å²) < 4.78 is 0. The molecule has 1 unspecified atom stereocenters. The third-order valence-electron chi connectivity index (χ3n) is 4.10. The number of likely N-dealkylation sites (tertiary alicyclic amines) is 1. The number of carbonyl (C=O) groups excluding carboxylic acids is 3. The number of nitrogens with two attached hydrogens (primary N) is 1. The summed E-state index contributed by atoms with van der Waals surface area (Å²) in [6.07, 6.45) is 2.79. The minimum atomic E-state index is -0.353. The van der Waals surface area contributed by atoms with E-state index in [1.165, 1.54) is 0 Å². The van der Waals surface area contributed by atoms with Crippen LogP contribution < -0.4 is 16.4 Å². The van der Waals surface area contributed by atoms with Crippen molar-refractivity contribution in [2.24, 2.45) is 5.73 Å². The molecule has 1 fully saturated rings. The Kier molecular flexibility index (Phi) is 8.94. The van der Waals surface area contributed by atoms with E-state index in [-0.39, 0.29) is 49.3 Å². The van der Waals surface area contributed by atoms with Gasteiger partial charge in [0.05, 0.1) is 13.1 Å². The van der Waals surface area contributed by atoms with Gasteiger partial charge in [-0.25, -0.2) is 0 Å². The van der Waals surface area contributed by atoms with Gasteiger partial charge < -0.3 is 21.3 Å². The molecule has 3 amide bonds. The Morgan fingerprint density at radius 1 is 1.12 bits per heavy atom. The Balaban J connectivity index is 0.00000312. The Labute approximate surface area is 153 Å². The summed E-state index contributed by atoms with van der Waals surface area (Å²) in [6.45, 7) is 0.858. The number of carbonyl (C=O) groups is 3. The molecule has 8 heteroatoms. The van der Waals surface area contributed by atoms with Gasteiger partial charge in [-0.05, 0) is 31.4 Å². The third kappa shape index (κ3) is 6.36. The van der Waals surface area contributed by atoms with Gasteiger partial charge in [-0.3, -0.25) is 14.4 Å². The van der Waals surface area contributed by atoms with Crippen LogP contribution in [-0.2, 0) is 9.59 Å². The van der Waals surface area contributed by atoms with Crippen molar-refractivity contribution in [3.63, 3.8) is 0 Å². The lowest BCUT2D eigenvalue weighted by atomic mass is 10.0. The summed E-state index contributed by atoms with van der Waals surface area (Å²) in [4.78, 5) is 37.4. The highest BCUT2D eigenvalue weighted by molar-refractivity contribution is 5.94. The number of piperidine rings is 1. The molecule has 2 rings (SSSR count). The molecule has 0 spiro atoms. The van der Waals surface area contributed by atoms with Gasteiger partial charge in [0.1, 0.15) is 0 Å². The molecule has 1 aliphatic heterocycles. The predicted octanol–water partition coefficient (Wildman–Crippen LogP) is 0.294. The number of hydrogen-bond acceptors (Lipinski definition) is 4. The molecule has 4 N–H and O–H groups in total. The van der Waals surface area contributed by atoms with Gasteiger partial charge in [-0.1, -0.05) is 18.2 Å². The van der Waals surface area contributed by atoms with Crippen molar-refractivity contribution in [1.82, 2.24) is 15.5 Å². The number of nitrogens with one attached hydrogen (secondary N) is 2. The first kappa shape index (κ1) is 20.9. The van der Waals surface area contributed by atoms with Crippen molar-refractivity contribution in [1.29, 1.82) is 0 Å². The van der Waals surface area contributed by atoms with Crippen LogP contribution in [0, 0.1) is 0 Å². The van der Waals surface area contributed by atoms with Crippen LogP contribution in [0.3, 0.4) is 0 Å². The Morgan fingerprint density at radius 3 is 2.52 bits per heavy atom. The molecular weight excluding hydrogens is 344 g/mol. The molecule has 1 saturated heterocycles. The van der Waals surface area contributed by atoms with Crippen molar-refractivity contribution in [2.75, 3.05) is 26.2 Å². The van der Waals surface area contributed by atoms with Crippen LogP contribution >= 0.6 is 12.4 Å². The van der Waals surface area contributed by atoms with Crippen LogP contribution in [0.4, 0.5) is 0 Å². The second kappa shape index (κ2) is 10.7. The average molecular weight is 369 g/mol. The first-order valence-electron chi connectivity index (χ1n) is 8.21. The number of hydrogen-bond donors (Lipinski definition) is 3. The summed E-state index contributed by atoms with van der Waals surface area (Å²) in [5.74, 6) is -0.644. The fourth-order valence-electron chi connectivity index (χ4n) is 2.79. The molecule has 1 heterocycles. The largest absolute Gasteiger partial charge is 0.350 e. The van der Waals surface area contributed by atoms with Crippen molar-refractivity contribution in [3.8, 4) is 0 Å². The highest BCUT2D eigenvalue weighted by Gasteiger charge is 2.27. The van der Waals surface area contributed by atoms with Crippen LogP contribution in [-0.4, -0.2) is 54.8 Å². The van der Waals surface area contributed by atoms with Gasteiger partial charge in [-0.2, -0.15) is 0 Å². The van der Waals surface area contributed by atoms with E-state index in [1.54, 1.807) is 17.0 Å². The van der Waals surface area contributed by atoms with Crippen LogP contribution in [0.25, 0.3) is 0 Å². The second-order valence-electron chi connectivity index (χ2n) is 5.79. The molecule has 0 aromatic heterocycles. The second-order valence-corrected chi connectivity index (χ2v) is 5.79. The lowest BCUT2D eigenvalue weighted by molar-refractivity contribution is -0.135. The summed E-state index contributed by atoms with van der Waals surface area (Å²) in [7, 11) is 0. The molecule has 1 aromatic rings. The van der Waals surface area contributed by atoms with Gasteiger partial charge >= 0.3 is 0 Å². The zero-order valence-electron chi connectivity index (χ0n) is 14.1. The van der Waals surface area contributed by atoms with Gasteiger partial charge in [0.2, 0.25) is 11.8 Å². The van der Waals surface area contributed by atoms with E-state index in [0.29, 0.717) is 18.7 Å². The first-order valence-corrected chi connectivity index (χ1v) is 8.21. The number of nitrogens with zero attached hydrogens (tertiary/aromatic N) is 1. The van der Waals surface area contributed by atoms with Gasteiger partial charge in [0, 0.05) is 24.7 Å². The molecule has 0 saturated carbocycles. The lowest BCUT2D eigenvalue weighted by Crippen LogP contribution is -2.52. The topological polar surface area (TPSA) is 105 Å². The molecule has 1 aliphatic rings. The molecule has 0 aliphatic carbocycles. The van der Waals surface area contributed by atoms with E-state index in [1.807, 2.05) is 18.2 Å². The zero-order valence-corrected chi connectivity index (χ0v) is 14.9. The molecule has 0 radical (unpaired) electrons. The quantitative estimate of drug-likeness (QED) is 0.671. The van der Waals surface area contributed by atoms with E-state index in [9.17, 15) is 14.4 Å². The van der Waals surface area contributed by atoms with Crippen LogP contribution in [0.15, 0.2) is 30.3 Å². The number of halogens is 1. The summed E-state index contributed by atoms with van der Waals surface area (Å²) in [5, 5.41) is 5.39. The van der Waals surface area contributed by atoms with E-state index in [0.717, 1.165) is 19.3 Å². The Morgan fingerprint density at radius 2 is 1.84 bits per heavy atom. The smallest absolute Gasteiger partial charge is 0.251 e. The van der Waals surface area contributed by atoms with Crippen LogP contribution in [0.5, 0.6) is 0 Å². The van der Waals surface area contributed by atoms with Crippen molar-refractivity contribution in [2.45, 2.75) is 25.3 Å². The van der Waals surface area contributed by atoms with Gasteiger partial charge in [0.25, 0.3) is 5.91 Å². The SMILES string of the molecule is Cl.NCC(=O)NCC(=O)N1CCCCC1CNC(=O)c1ccccc1. The maximum Gasteiger partial charge on any atom is 0.251 e. The van der Waals surface area contributed by atoms with Gasteiger partial charge in [0.15, 0.2) is 0 Å². The maximum atomic E-state index is 12.3. The molecular formula is C17H25ClN4O3. The average Bonchev–Trinajstić information content (AvgIpc) is 2.64. The molecule has 0 bridgehead atoms. The minimum absolute atomic E-state index is 0. The van der Waals surface area contributed by atoms with E-state index >= 15 is 0 Å². The van der Waals surface area contributed by atoms with Crippen molar-refractivity contribution >= 4 is 30.1 Å². The zero-order chi connectivity index (χ0) is 17.4. The summed E-state index contributed by atoms with van der Waals surface area (Å²) in [6, 6.07) is 8.93. The molecule has 1 atom stereocenters. The summed E-state index contributed by atoms with van der Waals surface area (Å²) >= 11 is 0. The monoisotopic (exact) mass is 368 g/mol. The third-order valence-corrected chi connectivity index (χ3v) is 4.10. The molecule has 1 aromatic carbocycles. The Hall–Kier alpha value is -2.12. The summed E-state index contributed by atoms with van der Waals surface area (Å²) in [5.41, 5.74) is 5.81. The number of rotatable bonds is 6. The fourth-order valence-corrected chi connectivity index (χ4v) is 2.79. The first-order chi connectivity index (χ1) is 11.6. The standard InChI is InChI=1S/C17H24N4O3.ClH/c18-10-15(22)19-12-16(23)21-9-5-4-8-14(21)11-20-17(24)13-6-2-1-3-7-13;/h1-3,6-7,14H,4-5,8-12,18H2,(H,19,22)(H,20,24);1H. The number of benzene rings is 1. The highest BCUT2D eigenvalue weighted by atomic mass is 35.5. The van der Waals surface area contributed by atoms with Crippen molar-refractivity contribution in [3.05, 3.63) is 35.9 Å². The normalized spacial score (nSPS) is 16.5. The number of amides is 3. The van der Waals surface area contributed by atoms with Crippen LogP contribution in [0.2, 0.25) is 0 Å². The highest BCUT2D eigenvalue weighted by Crippen LogP contribution is 2.16. The van der Waals surface area contributed by atoms with Crippen molar-refractivity contribution < 1.29 is 14.4 Å².